The van der Waals surface area contributed by atoms with E-state index in [1.54, 1.807) is 41.5 Å². The molecule has 2 saturated heterocycles. The van der Waals surface area contributed by atoms with Crippen LogP contribution in [0.4, 0.5) is 0 Å². The quantitative estimate of drug-likeness (QED) is 0.241. The second-order valence-electron chi connectivity index (χ2n) is 14.2. The van der Waals surface area contributed by atoms with Crippen molar-refractivity contribution in [3.63, 3.8) is 0 Å². The molecular formula is C30H44O12. The normalized spacial score (nSPS) is 51.0. The van der Waals surface area contributed by atoms with Crippen LogP contribution >= 0.6 is 0 Å². The Bertz CT molecular complexity index is 1230. The Labute approximate surface area is 245 Å². The van der Waals surface area contributed by atoms with E-state index >= 15 is 0 Å². The third kappa shape index (κ3) is 3.36. The topological polar surface area (TPSA) is 193 Å². The van der Waals surface area contributed by atoms with Gasteiger partial charge >= 0.3 is 17.9 Å². The van der Waals surface area contributed by atoms with E-state index in [2.05, 4.69) is 0 Å². The Morgan fingerprint density at radius 1 is 0.929 bits per heavy atom. The van der Waals surface area contributed by atoms with Gasteiger partial charge in [0.25, 0.3) is 0 Å². The molecule has 0 bridgehead atoms. The molecule has 5 rings (SSSR count). The Kier molecular flexibility index (Phi) is 6.68. The standard InChI is InChI=1S/C30H44O12/c1-10-12(3)20(31)39-17-14(5)28(37)15(25(6,7)27(17,9)42-21(32)13(4)11-2)19-30(41-19,24(35)36)23(34)29(38)16(28)18-26(8,40-18)22(29)33/h12-19,23,34,37-38H,10-11H2,1-9H3,(H,35,36). The smallest absolute Gasteiger partial charge is 0.341 e. The number of carboxylic acid groups (broad SMARTS) is 1. The van der Waals surface area contributed by atoms with E-state index in [1.807, 2.05) is 13.8 Å². The van der Waals surface area contributed by atoms with Crippen LogP contribution in [0.5, 0.6) is 0 Å². The van der Waals surface area contributed by atoms with Gasteiger partial charge in [0.15, 0.2) is 16.8 Å². The second-order valence-corrected chi connectivity index (χ2v) is 14.2. The lowest BCUT2D eigenvalue weighted by Crippen LogP contribution is -2.77. The molecule has 5 fully saturated rings. The van der Waals surface area contributed by atoms with Gasteiger partial charge in [-0.1, -0.05) is 48.5 Å². The van der Waals surface area contributed by atoms with E-state index in [4.69, 9.17) is 18.9 Å². The van der Waals surface area contributed by atoms with Gasteiger partial charge in [-0.3, -0.25) is 14.4 Å². The van der Waals surface area contributed by atoms with E-state index in [1.165, 1.54) is 6.92 Å². The van der Waals surface area contributed by atoms with Crippen LogP contribution in [-0.2, 0) is 38.1 Å². The van der Waals surface area contributed by atoms with Gasteiger partial charge in [-0.05, 0) is 26.7 Å². The minimum Gasteiger partial charge on any atom is -0.479 e. The van der Waals surface area contributed by atoms with Crippen molar-refractivity contribution in [3.8, 4) is 0 Å². The first-order valence-electron chi connectivity index (χ1n) is 14.9. The van der Waals surface area contributed by atoms with Gasteiger partial charge in [0, 0.05) is 17.3 Å². The molecule has 2 aliphatic heterocycles. The van der Waals surface area contributed by atoms with Crippen molar-refractivity contribution in [3.05, 3.63) is 0 Å². The highest BCUT2D eigenvalue weighted by Gasteiger charge is 2.94. The van der Waals surface area contributed by atoms with E-state index < -0.39 is 111 Å². The van der Waals surface area contributed by atoms with Crippen LogP contribution in [0, 0.1) is 35.0 Å². The number of aliphatic hydroxyl groups excluding tert-OH is 1. The first-order valence-corrected chi connectivity index (χ1v) is 14.9. The molecule has 3 aliphatic carbocycles. The zero-order valence-electron chi connectivity index (χ0n) is 25.7. The molecule has 14 atom stereocenters. The fourth-order valence-electron chi connectivity index (χ4n) is 8.43. The van der Waals surface area contributed by atoms with Gasteiger partial charge in [-0.25, -0.2) is 4.79 Å². The zero-order chi connectivity index (χ0) is 31.7. The number of hydrogen-bond acceptors (Lipinski definition) is 11. The number of fused-ring (bicyclic) bond motifs is 7. The van der Waals surface area contributed by atoms with Gasteiger partial charge in [0.1, 0.15) is 24.4 Å². The Hall–Kier alpha value is -2.12. The van der Waals surface area contributed by atoms with Gasteiger partial charge in [0.05, 0.1) is 23.4 Å². The average Bonchev–Trinajstić information content (AvgIpc) is 3.81. The molecule has 3 saturated carbocycles. The van der Waals surface area contributed by atoms with E-state index in [9.17, 15) is 39.6 Å². The van der Waals surface area contributed by atoms with E-state index in [-0.39, 0.29) is 0 Å². The molecule has 5 aliphatic rings. The fraction of sp³-hybridized carbons (Fsp3) is 0.867. The molecule has 12 nitrogen and oxygen atoms in total. The summed E-state index contributed by atoms with van der Waals surface area (Å²) < 4.78 is 23.8. The minimum atomic E-state index is -2.76. The number of carbonyl (C=O) groups is 4. The van der Waals surface area contributed by atoms with Gasteiger partial charge < -0.3 is 39.4 Å². The lowest BCUT2D eigenvalue weighted by atomic mass is 9.46. The van der Waals surface area contributed by atoms with Crippen molar-refractivity contribution < 1.29 is 58.6 Å². The van der Waals surface area contributed by atoms with Crippen molar-refractivity contribution in [1.82, 2.24) is 0 Å². The van der Waals surface area contributed by atoms with Crippen LogP contribution in [0.15, 0.2) is 0 Å². The number of carboxylic acids is 1. The molecule has 0 amide bonds. The molecular weight excluding hydrogens is 552 g/mol. The van der Waals surface area contributed by atoms with Crippen molar-refractivity contribution in [1.29, 1.82) is 0 Å². The molecule has 0 spiro atoms. The second kappa shape index (κ2) is 8.97. The number of carbonyl (C=O) groups excluding carboxylic acids is 3. The number of aliphatic hydroxyl groups is 3. The van der Waals surface area contributed by atoms with Crippen LogP contribution in [-0.4, -0.2) is 96.5 Å². The first-order chi connectivity index (χ1) is 19.2. The Morgan fingerprint density at radius 2 is 1.48 bits per heavy atom. The van der Waals surface area contributed by atoms with Crippen LogP contribution < -0.4 is 0 Å². The summed E-state index contributed by atoms with van der Waals surface area (Å²) in [5.74, 6) is -8.69. The highest BCUT2D eigenvalue weighted by molar-refractivity contribution is 6.03. The third-order valence-corrected chi connectivity index (χ3v) is 12.0. The number of hydrogen-bond donors (Lipinski definition) is 4. The summed E-state index contributed by atoms with van der Waals surface area (Å²) in [5.41, 5.74) is -12.0. The number of ketones is 1. The lowest BCUT2D eigenvalue weighted by molar-refractivity contribution is -0.312. The van der Waals surface area contributed by atoms with Crippen LogP contribution in [0.25, 0.3) is 0 Å². The van der Waals surface area contributed by atoms with Crippen molar-refractivity contribution >= 4 is 23.7 Å². The predicted molar refractivity (Wildman–Crippen MR) is 143 cm³/mol. The van der Waals surface area contributed by atoms with Gasteiger partial charge in [-0.2, -0.15) is 0 Å². The number of rotatable bonds is 7. The molecule has 0 aromatic rings. The monoisotopic (exact) mass is 596 g/mol. The maximum Gasteiger partial charge on any atom is 0.341 e. The maximum atomic E-state index is 13.7. The van der Waals surface area contributed by atoms with E-state index in [0.29, 0.717) is 12.8 Å². The fourth-order valence-corrected chi connectivity index (χ4v) is 8.43. The average molecular weight is 597 g/mol. The summed E-state index contributed by atoms with van der Waals surface area (Å²) >= 11 is 0. The largest absolute Gasteiger partial charge is 0.479 e. The molecule has 4 N–H and O–H groups in total. The minimum absolute atomic E-state index is 0.452. The number of ether oxygens (including phenoxy) is 4. The summed E-state index contributed by atoms with van der Waals surface area (Å²) in [7, 11) is 0. The number of epoxide rings is 2. The summed E-state index contributed by atoms with van der Waals surface area (Å²) in [5, 5.41) is 47.1. The van der Waals surface area contributed by atoms with Crippen LogP contribution in [0.3, 0.4) is 0 Å². The van der Waals surface area contributed by atoms with E-state index in [0.717, 1.165) is 0 Å². The summed E-state index contributed by atoms with van der Waals surface area (Å²) in [6.45, 7) is 14.9. The molecule has 236 valence electrons. The zero-order valence-corrected chi connectivity index (χ0v) is 25.7. The van der Waals surface area contributed by atoms with Crippen molar-refractivity contribution in [2.75, 3.05) is 0 Å². The molecule has 0 aromatic heterocycles. The van der Waals surface area contributed by atoms with Crippen molar-refractivity contribution in [2.24, 2.45) is 35.0 Å². The lowest BCUT2D eigenvalue weighted by Gasteiger charge is -2.64. The highest BCUT2D eigenvalue weighted by atomic mass is 16.7. The molecule has 2 heterocycles. The number of esters is 2. The molecule has 0 aromatic carbocycles. The molecule has 12 heteroatoms. The Balaban J connectivity index is 1.76. The summed E-state index contributed by atoms with van der Waals surface area (Å²) in [6.07, 6.45) is -5.09. The first kappa shape index (κ1) is 31.3. The molecule has 14 unspecified atom stereocenters. The van der Waals surface area contributed by atoms with Gasteiger partial charge in [0.2, 0.25) is 11.4 Å². The SMILES string of the molecule is CCC(C)C(=O)OC1C(C)C2(O)C3C4OC4(C)C(=O)C3(O)C(O)C3(C(=O)O)OC3C2C(C)(C)C1(C)OC(=O)C(C)CC. The summed E-state index contributed by atoms with van der Waals surface area (Å²) in [4.78, 5) is 53.2. The number of aliphatic carboxylic acids is 1. The highest BCUT2D eigenvalue weighted by Crippen LogP contribution is 2.73. The molecule has 0 radical (unpaired) electrons. The molecule has 42 heavy (non-hydrogen) atoms. The predicted octanol–water partition coefficient (Wildman–Crippen LogP) is 1.000. The Morgan fingerprint density at radius 3 is 2.00 bits per heavy atom. The third-order valence-electron chi connectivity index (χ3n) is 12.0. The maximum absolute atomic E-state index is 13.7. The van der Waals surface area contributed by atoms with Crippen LogP contribution in [0.1, 0.15) is 75.2 Å². The van der Waals surface area contributed by atoms with Crippen LogP contribution in [0.2, 0.25) is 0 Å². The van der Waals surface area contributed by atoms with Gasteiger partial charge in [-0.15, -0.1) is 0 Å². The number of Topliss-reactive ketones (excluding diaryl/α,β-unsaturated/α-hetero) is 1. The van der Waals surface area contributed by atoms with Crippen molar-refractivity contribution in [2.45, 2.75) is 128 Å². The summed E-state index contributed by atoms with van der Waals surface area (Å²) in [6, 6.07) is 0.